The highest BCUT2D eigenvalue weighted by molar-refractivity contribution is 7.12. The minimum Gasteiger partial charge on any atom is -0.312 e. The van der Waals surface area contributed by atoms with E-state index in [1.54, 1.807) is 10.4 Å². The first kappa shape index (κ1) is 19.4. The number of carbonyl (C=O) groups excluding carboxylic acids is 1. The predicted octanol–water partition coefficient (Wildman–Crippen LogP) is 6.37. The molecule has 5 rings (SSSR count). The molecule has 0 spiro atoms. The van der Waals surface area contributed by atoms with Gasteiger partial charge >= 0.3 is 6.03 Å². The topological polar surface area (TPSA) is 32.3 Å². The van der Waals surface area contributed by atoms with Crippen molar-refractivity contribution in [2.45, 2.75) is 51.5 Å². The molecule has 2 aromatic carbocycles. The molecule has 0 radical (unpaired) electrons. The third kappa shape index (κ3) is 3.54. The minimum absolute atomic E-state index is 0.000431. The van der Waals surface area contributed by atoms with Gasteiger partial charge in [0.1, 0.15) is 0 Å². The van der Waals surface area contributed by atoms with Gasteiger partial charge in [0.2, 0.25) is 0 Å². The first-order valence-corrected chi connectivity index (χ1v) is 11.9. The van der Waals surface area contributed by atoms with Crippen molar-refractivity contribution in [2.75, 3.05) is 11.9 Å². The molecule has 30 heavy (non-hydrogen) atoms. The van der Waals surface area contributed by atoms with Crippen LogP contribution in [0, 0.1) is 0 Å². The monoisotopic (exact) mass is 416 g/mol. The zero-order chi connectivity index (χ0) is 20.5. The Balaban J connectivity index is 1.49. The second-order valence-electron chi connectivity index (χ2n) is 8.29. The van der Waals surface area contributed by atoms with E-state index in [-0.39, 0.29) is 12.1 Å². The van der Waals surface area contributed by atoms with E-state index < -0.39 is 0 Å². The predicted molar refractivity (Wildman–Crippen MR) is 124 cm³/mol. The Morgan fingerprint density at radius 2 is 1.77 bits per heavy atom. The summed E-state index contributed by atoms with van der Waals surface area (Å²) in [4.78, 5) is 18.4. The Morgan fingerprint density at radius 1 is 1.00 bits per heavy atom. The number of hydrogen-bond donors (Lipinski definition) is 1. The summed E-state index contributed by atoms with van der Waals surface area (Å²) in [5, 5.41) is 3.15. The number of nitrogens with one attached hydrogen (secondary N) is 1. The zero-order valence-electron chi connectivity index (χ0n) is 17.5. The maximum absolute atomic E-state index is 13.4. The van der Waals surface area contributed by atoms with E-state index in [1.165, 1.54) is 47.3 Å². The van der Waals surface area contributed by atoms with Crippen molar-refractivity contribution in [3.05, 3.63) is 86.6 Å². The fraction of sp³-hybridized carbons (Fsp3) is 0.346. The fourth-order valence-electron chi connectivity index (χ4n) is 4.85. The quantitative estimate of drug-likeness (QED) is 0.529. The second-order valence-corrected chi connectivity index (χ2v) is 9.43. The van der Waals surface area contributed by atoms with Crippen molar-refractivity contribution >= 4 is 23.1 Å². The van der Waals surface area contributed by atoms with Gasteiger partial charge in [-0.05, 0) is 72.9 Å². The van der Waals surface area contributed by atoms with Crippen molar-refractivity contribution < 1.29 is 4.79 Å². The third-order valence-electron chi connectivity index (χ3n) is 6.46. The van der Waals surface area contributed by atoms with Crippen LogP contribution in [0.3, 0.4) is 0 Å². The van der Waals surface area contributed by atoms with Crippen molar-refractivity contribution in [2.24, 2.45) is 0 Å². The molecule has 1 N–H and O–H groups in total. The second kappa shape index (κ2) is 8.27. The summed E-state index contributed by atoms with van der Waals surface area (Å²) >= 11 is 1.95. The minimum atomic E-state index is -0.00914. The summed E-state index contributed by atoms with van der Waals surface area (Å²) in [5.74, 6) is 0. The summed E-state index contributed by atoms with van der Waals surface area (Å²) in [6.45, 7) is 2.90. The number of hydrogen-bond acceptors (Lipinski definition) is 2. The maximum atomic E-state index is 13.4. The molecule has 0 bridgehead atoms. The third-order valence-corrected chi connectivity index (χ3v) is 7.85. The van der Waals surface area contributed by atoms with Gasteiger partial charge in [0.25, 0.3) is 0 Å². The number of rotatable bonds is 3. The standard InChI is InChI=1S/C26H28N2OS/c1-2-18-12-14-20(15-13-18)27-26(29)28-17-16-22-21-10-6-7-11-23(21)30-25(22)24(28)19-8-4-3-5-9-19/h3-5,8-9,12-15,24H,2,6-7,10-11,16-17H2,1H3,(H,27,29)/t24-/m1/s1. The fourth-order valence-corrected chi connectivity index (χ4v) is 6.44. The Hall–Kier alpha value is -2.59. The smallest absolute Gasteiger partial charge is 0.312 e. The molecule has 3 nitrogen and oxygen atoms in total. The highest BCUT2D eigenvalue weighted by Gasteiger charge is 2.36. The molecule has 1 aliphatic heterocycles. The zero-order valence-corrected chi connectivity index (χ0v) is 18.3. The van der Waals surface area contributed by atoms with Gasteiger partial charge in [-0.1, -0.05) is 49.4 Å². The van der Waals surface area contributed by atoms with E-state index in [0.29, 0.717) is 0 Å². The van der Waals surface area contributed by atoms with Gasteiger partial charge in [0.05, 0.1) is 6.04 Å². The van der Waals surface area contributed by atoms with Gasteiger partial charge in [0, 0.05) is 22.0 Å². The molecule has 0 saturated heterocycles. The van der Waals surface area contributed by atoms with E-state index in [0.717, 1.165) is 25.1 Å². The van der Waals surface area contributed by atoms with Crippen molar-refractivity contribution in [3.63, 3.8) is 0 Å². The summed E-state index contributed by atoms with van der Waals surface area (Å²) in [7, 11) is 0. The largest absolute Gasteiger partial charge is 0.322 e. The van der Waals surface area contributed by atoms with Gasteiger partial charge in [-0.2, -0.15) is 0 Å². The van der Waals surface area contributed by atoms with Crippen LogP contribution in [-0.4, -0.2) is 17.5 Å². The van der Waals surface area contributed by atoms with Gasteiger partial charge in [0.15, 0.2) is 0 Å². The molecule has 2 amide bonds. The number of carbonyl (C=O) groups is 1. The van der Waals surface area contributed by atoms with Crippen LogP contribution in [0.1, 0.15) is 57.8 Å². The van der Waals surface area contributed by atoms with Crippen LogP contribution >= 0.6 is 11.3 Å². The van der Waals surface area contributed by atoms with Crippen LogP contribution in [0.5, 0.6) is 0 Å². The molecular formula is C26H28N2OS. The summed E-state index contributed by atoms with van der Waals surface area (Å²) in [6, 6.07) is 18.7. The molecule has 1 atom stereocenters. The van der Waals surface area contributed by atoms with Crippen LogP contribution in [0.15, 0.2) is 54.6 Å². The number of urea groups is 1. The lowest BCUT2D eigenvalue weighted by atomic mass is 9.88. The van der Waals surface area contributed by atoms with Crippen LogP contribution in [0.2, 0.25) is 0 Å². The normalized spacial score (nSPS) is 17.9. The molecule has 3 aromatic rings. The number of aryl methyl sites for hydroxylation is 2. The van der Waals surface area contributed by atoms with Gasteiger partial charge in [-0.15, -0.1) is 11.3 Å². The Bertz CT molecular complexity index is 1040. The summed E-state index contributed by atoms with van der Waals surface area (Å²) < 4.78 is 0. The molecule has 4 heteroatoms. The molecule has 1 aliphatic carbocycles. The first-order valence-electron chi connectivity index (χ1n) is 11.1. The Morgan fingerprint density at radius 3 is 2.53 bits per heavy atom. The van der Waals surface area contributed by atoms with Gasteiger partial charge < -0.3 is 10.2 Å². The van der Waals surface area contributed by atoms with Crippen LogP contribution in [-0.2, 0) is 25.7 Å². The van der Waals surface area contributed by atoms with E-state index in [9.17, 15) is 4.79 Å². The number of amides is 2. The number of thiophene rings is 1. The number of anilines is 1. The Labute approximate surface area is 182 Å². The number of nitrogens with zero attached hydrogens (tertiary/aromatic N) is 1. The molecular weight excluding hydrogens is 388 g/mol. The average molecular weight is 417 g/mol. The molecule has 1 aromatic heterocycles. The lowest BCUT2D eigenvalue weighted by Crippen LogP contribution is -2.42. The molecule has 2 aliphatic rings. The summed E-state index contributed by atoms with van der Waals surface area (Å²) in [5.41, 5.74) is 6.47. The van der Waals surface area contributed by atoms with E-state index in [4.69, 9.17) is 0 Å². The van der Waals surface area contributed by atoms with E-state index >= 15 is 0 Å². The number of fused-ring (bicyclic) bond motifs is 3. The van der Waals surface area contributed by atoms with Gasteiger partial charge in [-0.25, -0.2) is 4.79 Å². The van der Waals surface area contributed by atoms with Crippen LogP contribution < -0.4 is 5.32 Å². The van der Waals surface area contributed by atoms with E-state index in [2.05, 4.69) is 48.6 Å². The molecule has 0 unspecified atom stereocenters. The Kier molecular flexibility index (Phi) is 5.34. The number of benzene rings is 2. The summed E-state index contributed by atoms with van der Waals surface area (Å²) in [6.07, 6.45) is 6.96. The first-order chi connectivity index (χ1) is 14.7. The molecule has 154 valence electrons. The lowest BCUT2D eigenvalue weighted by Gasteiger charge is -2.36. The molecule has 0 saturated carbocycles. The van der Waals surface area contributed by atoms with Crippen LogP contribution in [0.4, 0.5) is 10.5 Å². The van der Waals surface area contributed by atoms with Crippen molar-refractivity contribution in [1.29, 1.82) is 0 Å². The highest BCUT2D eigenvalue weighted by atomic mass is 32.1. The van der Waals surface area contributed by atoms with Crippen molar-refractivity contribution in [3.8, 4) is 0 Å². The average Bonchev–Trinajstić information content (AvgIpc) is 3.18. The maximum Gasteiger partial charge on any atom is 0.322 e. The van der Waals surface area contributed by atoms with E-state index in [1.807, 2.05) is 34.4 Å². The SMILES string of the molecule is CCc1ccc(NC(=O)N2CCc3c(sc4c3CCCC4)[C@H]2c2ccccc2)cc1. The van der Waals surface area contributed by atoms with Crippen LogP contribution in [0.25, 0.3) is 0 Å². The highest BCUT2D eigenvalue weighted by Crippen LogP contribution is 2.45. The van der Waals surface area contributed by atoms with Gasteiger partial charge in [-0.3, -0.25) is 0 Å². The lowest BCUT2D eigenvalue weighted by molar-refractivity contribution is 0.195. The molecule has 0 fully saturated rings. The molecule has 2 heterocycles. The van der Waals surface area contributed by atoms with Crippen molar-refractivity contribution in [1.82, 2.24) is 4.90 Å².